The Morgan fingerprint density at radius 2 is 1.89 bits per heavy atom. The van der Waals surface area contributed by atoms with Crippen molar-refractivity contribution in [2.45, 2.75) is 25.7 Å². The van der Waals surface area contributed by atoms with Gasteiger partial charge in [0.15, 0.2) is 0 Å². The number of amides is 1. The van der Waals surface area contributed by atoms with E-state index in [-0.39, 0.29) is 17.1 Å². The van der Waals surface area contributed by atoms with E-state index >= 15 is 0 Å². The molecule has 37 heavy (non-hydrogen) atoms. The Bertz CT molecular complexity index is 1500. The van der Waals surface area contributed by atoms with Gasteiger partial charge in [0, 0.05) is 42.6 Å². The van der Waals surface area contributed by atoms with Crippen LogP contribution in [0.15, 0.2) is 73.3 Å². The normalized spacial score (nSPS) is 16.4. The molecule has 1 aliphatic heterocycles. The van der Waals surface area contributed by atoms with Crippen molar-refractivity contribution in [2.75, 3.05) is 19.7 Å². The summed E-state index contributed by atoms with van der Waals surface area (Å²) in [6, 6.07) is 19.8. The van der Waals surface area contributed by atoms with Crippen LogP contribution in [0.25, 0.3) is 33.3 Å². The molecule has 6 heteroatoms. The number of fused-ring (bicyclic) bond motifs is 1. The molecule has 1 saturated heterocycles. The summed E-state index contributed by atoms with van der Waals surface area (Å²) in [6.07, 6.45) is 3.43. The third kappa shape index (κ3) is 3.88. The Kier molecular flexibility index (Phi) is 5.55. The average molecular weight is 494 g/mol. The van der Waals surface area contributed by atoms with Crippen molar-refractivity contribution >= 4 is 16.7 Å². The number of hydrogen-bond donors (Lipinski definition) is 1. The highest BCUT2D eigenvalue weighted by Gasteiger charge is 2.54. The van der Waals surface area contributed by atoms with Gasteiger partial charge in [0.2, 0.25) is 5.91 Å². The van der Waals surface area contributed by atoms with Gasteiger partial charge in [-0.25, -0.2) is 4.98 Å². The SMILES string of the molecule is C=CC(=O)N1CC2(CC(c3nc(-c4ccc(OCC)cc4)c(-c4cc(O)cc5ccccc45)n3C)C2)C1. The molecule has 0 bridgehead atoms. The number of imidazole rings is 1. The van der Waals surface area contributed by atoms with Crippen molar-refractivity contribution in [3.63, 3.8) is 0 Å². The topological polar surface area (TPSA) is 67.6 Å². The van der Waals surface area contributed by atoms with Crippen molar-refractivity contribution in [3.05, 3.63) is 79.1 Å². The Morgan fingerprint density at radius 1 is 1.16 bits per heavy atom. The second-order valence-corrected chi connectivity index (χ2v) is 10.4. The first-order chi connectivity index (χ1) is 17.9. The molecule has 2 aliphatic rings. The Balaban J connectivity index is 1.42. The average Bonchev–Trinajstić information content (AvgIpc) is 3.18. The third-order valence-corrected chi connectivity index (χ3v) is 7.93. The molecule has 2 fully saturated rings. The smallest absolute Gasteiger partial charge is 0.245 e. The molecule has 0 unspecified atom stereocenters. The number of ether oxygens (including phenoxy) is 1. The summed E-state index contributed by atoms with van der Waals surface area (Å²) in [5.74, 6) is 2.45. The van der Waals surface area contributed by atoms with E-state index in [0.717, 1.165) is 70.8 Å². The zero-order chi connectivity index (χ0) is 25.7. The van der Waals surface area contributed by atoms with E-state index < -0.39 is 0 Å². The molecule has 2 heterocycles. The molecule has 3 aromatic carbocycles. The summed E-state index contributed by atoms with van der Waals surface area (Å²) >= 11 is 0. The van der Waals surface area contributed by atoms with Crippen LogP contribution in [-0.2, 0) is 11.8 Å². The van der Waals surface area contributed by atoms with Gasteiger partial charge in [-0.2, -0.15) is 0 Å². The second kappa shape index (κ2) is 8.80. The number of phenols is 1. The maximum absolute atomic E-state index is 12.0. The lowest BCUT2D eigenvalue weighted by Crippen LogP contribution is -2.63. The van der Waals surface area contributed by atoms with Crippen molar-refractivity contribution in [3.8, 4) is 34.0 Å². The van der Waals surface area contributed by atoms with Crippen molar-refractivity contribution in [2.24, 2.45) is 12.5 Å². The summed E-state index contributed by atoms with van der Waals surface area (Å²) in [5.41, 5.74) is 4.06. The van der Waals surface area contributed by atoms with Gasteiger partial charge in [-0.05, 0) is 73.0 Å². The molecule has 1 N–H and O–H groups in total. The van der Waals surface area contributed by atoms with Gasteiger partial charge in [-0.3, -0.25) is 4.79 Å². The van der Waals surface area contributed by atoms with Crippen LogP contribution in [0.4, 0.5) is 0 Å². The minimum Gasteiger partial charge on any atom is -0.508 e. The van der Waals surface area contributed by atoms with Crippen LogP contribution in [0.1, 0.15) is 31.5 Å². The molecule has 1 aliphatic carbocycles. The van der Waals surface area contributed by atoms with Crippen LogP contribution >= 0.6 is 0 Å². The maximum atomic E-state index is 12.0. The van der Waals surface area contributed by atoms with Crippen LogP contribution in [0, 0.1) is 5.41 Å². The van der Waals surface area contributed by atoms with E-state index in [0.29, 0.717) is 12.5 Å². The fourth-order valence-corrected chi connectivity index (χ4v) is 6.23. The number of phenolic OH excluding ortho intramolecular Hbond substituents is 1. The van der Waals surface area contributed by atoms with E-state index in [2.05, 4.69) is 36.4 Å². The maximum Gasteiger partial charge on any atom is 0.245 e. The van der Waals surface area contributed by atoms with Crippen LogP contribution in [0.5, 0.6) is 11.5 Å². The van der Waals surface area contributed by atoms with E-state index in [1.165, 1.54) is 6.08 Å². The van der Waals surface area contributed by atoms with Gasteiger partial charge in [-0.15, -0.1) is 0 Å². The predicted octanol–water partition coefficient (Wildman–Crippen LogP) is 5.90. The first kappa shape index (κ1) is 23.3. The van der Waals surface area contributed by atoms with Gasteiger partial charge in [0.05, 0.1) is 18.0 Å². The van der Waals surface area contributed by atoms with Gasteiger partial charge in [0.1, 0.15) is 17.3 Å². The number of aromatic hydroxyl groups is 1. The summed E-state index contributed by atoms with van der Waals surface area (Å²) in [7, 11) is 2.08. The van der Waals surface area contributed by atoms with Crippen LogP contribution in [0.2, 0.25) is 0 Å². The summed E-state index contributed by atoms with van der Waals surface area (Å²) in [6.45, 7) is 7.81. The van der Waals surface area contributed by atoms with E-state index in [1.807, 2.05) is 48.2 Å². The number of carbonyl (C=O) groups excluding carboxylic acids is 1. The third-order valence-electron chi connectivity index (χ3n) is 7.93. The zero-order valence-corrected chi connectivity index (χ0v) is 21.3. The number of rotatable bonds is 6. The molecule has 0 atom stereocenters. The van der Waals surface area contributed by atoms with E-state index in [9.17, 15) is 9.90 Å². The first-order valence-corrected chi connectivity index (χ1v) is 12.8. The molecule has 1 saturated carbocycles. The Hall–Kier alpha value is -4.06. The molecule has 4 aromatic rings. The van der Waals surface area contributed by atoms with Crippen molar-refractivity contribution in [1.29, 1.82) is 0 Å². The lowest BCUT2D eigenvalue weighted by Gasteiger charge is -2.58. The Labute approximate surface area is 216 Å². The van der Waals surface area contributed by atoms with E-state index in [1.54, 1.807) is 6.07 Å². The number of benzene rings is 3. The first-order valence-electron chi connectivity index (χ1n) is 12.8. The van der Waals surface area contributed by atoms with Crippen LogP contribution < -0.4 is 4.74 Å². The fraction of sp³-hybridized carbons (Fsp3) is 0.290. The highest BCUT2D eigenvalue weighted by molar-refractivity contribution is 6.00. The zero-order valence-electron chi connectivity index (χ0n) is 21.3. The minimum atomic E-state index is 0.0157. The molecule has 1 amide bonds. The molecule has 188 valence electrons. The molecular weight excluding hydrogens is 462 g/mol. The Morgan fingerprint density at radius 3 is 2.59 bits per heavy atom. The van der Waals surface area contributed by atoms with Gasteiger partial charge in [0.25, 0.3) is 0 Å². The molecule has 0 radical (unpaired) electrons. The monoisotopic (exact) mass is 493 g/mol. The van der Waals surface area contributed by atoms with E-state index in [4.69, 9.17) is 9.72 Å². The van der Waals surface area contributed by atoms with Gasteiger partial charge >= 0.3 is 0 Å². The highest BCUT2D eigenvalue weighted by Crippen LogP contribution is 2.56. The second-order valence-electron chi connectivity index (χ2n) is 10.4. The van der Waals surface area contributed by atoms with Crippen molar-refractivity contribution < 1.29 is 14.6 Å². The standard InChI is InChI=1S/C31H31N3O3/c1-4-27(36)34-18-31(19-34)16-22(17-31)30-32-28(20-10-12-24(13-11-20)37-5-2)29(33(30)3)26-15-23(35)14-21-8-6-7-9-25(21)26/h4,6-15,22,35H,1,5,16-19H2,2-3H3. The number of carbonyl (C=O) groups is 1. The highest BCUT2D eigenvalue weighted by atomic mass is 16.5. The van der Waals surface area contributed by atoms with Crippen molar-refractivity contribution in [1.82, 2.24) is 14.5 Å². The minimum absolute atomic E-state index is 0.0157. The number of nitrogens with zero attached hydrogens (tertiary/aromatic N) is 3. The fourth-order valence-electron chi connectivity index (χ4n) is 6.23. The van der Waals surface area contributed by atoms with Gasteiger partial charge in [-0.1, -0.05) is 30.8 Å². The van der Waals surface area contributed by atoms with Gasteiger partial charge < -0.3 is 19.3 Å². The number of hydrogen-bond acceptors (Lipinski definition) is 4. The summed E-state index contributed by atoms with van der Waals surface area (Å²) in [4.78, 5) is 19.1. The number of aromatic nitrogens is 2. The largest absolute Gasteiger partial charge is 0.508 e. The quantitative estimate of drug-likeness (QED) is 0.340. The van der Waals surface area contributed by atoms with Crippen LogP contribution in [0.3, 0.4) is 0 Å². The predicted molar refractivity (Wildman–Crippen MR) is 146 cm³/mol. The summed E-state index contributed by atoms with van der Waals surface area (Å²) < 4.78 is 7.87. The lowest BCUT2D eigenvalue weighted by atomic mass is 9.57. The lowest BCUT2D eigenvalue weighted by molar-refractivity contribution is -0.146. The number of likely N-dealkylation sites (tertiary alicyclic amines) is 1. The summed E-state index contributed by atoms with van der Waals surface area (Å²) in [5, 5.41) is 12.7. The molecular formula is C31H31N3O3. The molecule has 6 rings (SSSR count). The molecule has 1 aromatic heterocycles. The molecule has 1 spiro atoms. The van der Waals surface area contributed by atoms with Crippen LogP contribution in [-0.4, -0.2) is 45.2 Å². The molecule has 6 nitrogen and oxygen atoms in total.